The molecule has 0 saturated heterocycles. The molecule has 31 heavy (non-hydrogen) atoms. The van der Waals surface area contributed by atoms with E-state index in [1.54, 1.807) is 0 Å². The summed E-state index contributed by atoms with van der Waals surface area (Å²) < 4.78 is 13.0. The maximum Gasteiger partial charge on any atom is 0.230 e. The predicted molar refractivity (Wildman–Crippen MR) is 123 cm³/mol. The largest absolute Gasteiger partial charge is 0.494 e. The number of benzene rings is 2. The first-order chi connectivity index (χ1) is 15.1. The zero-order chi connectivity index (χ0) is 22.1. The van der Waals surface area contributed by atoms with E-state index in [1.165, 1.54) is 11.8 Å². The first kappa shape index (κ1) is 23.0. The summed E-state index contributed by atoms with van der Waals surface area (Å²) in [4.78, 5) is 12.2. The average molecular weight is 461 g/mol. The number of rotatable bonds is 11. The number of hydrogen-bond donors (Lipinski definition) is 1. The molecule has 0 atom stereocenters. The molecule has 1 heterocycles. The van der Waals surface area contributed by atoms with Gasteiger partial charge in [0.25, 0.3) is 0 Å². The third-order valence-corrected chi connectivity index (χ3v) is 5.51. The molecule has 3 rings (SSSR count). The van der Waals surface area contributed by atoms with Crippen LogP contribution < -0.4 is 14.8 Å². The summed E-state index contributed by atoms with van der Waals surface area (Å²) in [5.74, 6) is 2.46. The van der Waals surface area contributed by atoms with Gasteiger partial charge in [0.05, 0.1) is 18.9 Å². The molecule has 0 bridgehead atoms. The molecule has 7 nitrogen and oxygen atoms in total. The zero-order valence-corrected chi connectivity index (χ0v) is 19.1. The lowest BCUT2D eigenvalue weighted by molar-refractivity contribution is -0.118. The highest BCUT2D eigenvalue weighted by Crippen LogP contribution is 2.25. The third-order valence-electron chi connectivity index (χ3n) is 4.30. The maximum atomic E-state index is 12.2. The van der Waals surface area contributed by atoms with Crippen molar-refractivity contribution in [3.63, 3.8) is 0 Å². The molecule has 0 fully saturated rings. The number of nitrogens with one attached hydrogen (secondary N) is 1. The van der Waals surface area contributed by atoms with Crippen LogP contribution in [0.3, 0.4) is 0 Å². The second-order valence-electron chi connectivity index (χ2n) is 6.45. The number of hydrogen-bond acceptors (Lipinski definition) is 6. The van der Waals surface area contributed by atoms with Gasteiger partial charge < -0.3 is 19.4 Å². The van der Waals surface area contributed by atoms with Gasteiger partial charge in [-0.05, 0) is 62.4 Å². The van der Waals surface area contributed by atoms with E-state index >= 15 is 0 Å². The highest BCUT2D eigenvalue weighted by atomic mass is 35.5. The summed E-state index contributed by atoms with van der Waals surface area (Å²) in [5, 5.41) is 12.8. The van der Waals surface area contributed by atoms with Crippen molar-refractivity contribution in [1.82, 2.24) is 20.1 Å². The van der Waals surface area contributed by atoms with Gasteiger partial charge in [0.2, 0.25) is 5.91 Å². The first-order valence-corrected chi connectivity index (χ1v) is 11.4. The third kappa shape index (κ3) is 6.63. The van der Waals surface area contributed by atoms with E-state index in [4.69, 9.17) is 21.1 Å². The van der Waals surface area contributed by atoms with Gasteiger partial charge in [0, 0.05) is 17.1 Å². The van der Waals surface area contributed by atoms with Gasteiger partial charge in [-0.15, -0.1) is 10.2 Å². The summed E-state index contributed by atoms with van der Waals surface area (Å²) in [7, 11) is 0. The van der Waals surface area contributed by atoms with Crippen LogP contribution in [0.25, 0.3) is 11.4 Å². The Balaban J connectivity index is 1.44. The van der Waals surface area contributed by atoms with E-state index in [-0.39, 0.29) is 11.7 Å². The molecule has 2 aromatic carbocycles. The van der Waals surface area contributed by atoms with Crippen molar-refractivity contribution in [2.75, 3.05) is 25.5 Å². The number of nitrogens with zero attached hydrogens (tertiary/aromatic N) is 3. The van der Waals surface area contributed by atoms with E-state index in [0.29, 0.717) is 36.5 Å². The SMILES string of the molecule is CCOc1ccc(OCCNC(=O)CSc2nnc(-c3ccc(Cl)cc3)n2CC)cc1. The van der Waals surface area contributed by atoms with Crippen molar-refractivity contribution in [3.8, 4) is 22.9 Å². The normalized spacial score (nSPS) is 10.7. The van der Waals surface area contributed by atoms with Gasteiger partial charge in [0.1, 0.15) is 18.1 Å². The van der Waals surface area contributed by atoms with Gasteiger partial charge in [0.15, 0.2) is 11.0 Å². The topological polar surface area (TPSA) is 78.3 Å². The molecule has 0 aliphatic heterocycles. The van der Waals surface area contributed by atoms with Crippen LogP contribution >= 0.6 is 23.4 Å². The molecule has 9 heteroatoms. The summed E-state index contributed by atoms with van der Waals surface area (Å²) in [6, 6.07) is 14.9. The Bertz CT molecular complexity index is 977. The Morgan fingerprint density at radius 3 is 2.35 bits per heavy atom. The fourth-order valence-corrected chi connectivity index (χ4v) is 3.79. The van der Waals surface area contributed by atoms with Crippen molar-refractivity contribution in [3.05, 3.63) is 53.6 Å². The highest BCUT2D eigenvalue weighted by Gasteiger charge is 2.14. The van der Waals surface area contributed by atoms with Gasteiger partial charge in [-0.25, -0.2) is 0 Å². The van der Waals surface area contributed by atoms with E-state index in [9.17, 15) is 4.79 Å². The Morgan fingerprint density at radius 1 is 1.03 bits per heavy atom. The second-order valence-corrected chi connectivity index (χ2v) is 7.83. The Hall–Kier alpha value is -2.71. The van der Waals surface area contributed by atoms with Crippen LogP contribution in [-0.2, 0) is 11.3 Å². The maximum absolute atomic E-state index is 12.2. The second kappa shape index (κ2) is 11.6. The van der Waals surface area contributed by atoms with Gasteiger partial charge >= 0.3 is 0 Å². The zero-order valence-electron chi connectivity index (χ0n) is 17.5. The van der Waals surface area contributed by atoms with Crippen LogP contribution in [0.4, 0.5) is 0 Å². The van der Waals surface area contributed by atoms with Crippen LogP contribution in [0.5, 0.6) is 11.5 Å². The van der Waals surface area contributed by atoms with E-state index < -0.39 is 0 Å². The molecule has 3 aromatic rings. The molecular weight excluding hydrogens is 436 g/mol. The van der Waals surface area contributed by atoms with Gasteiger partial charge in [-0.3, -0.25) is 4.79 Å². The predicted octanol–water partition coefficient (Wildman–Crippen LogP) is 4.30. The fourth-order valence-electron chi connectivity index (χ4n) is 2.83. The molecule has 0 spiro atoms. The van der Waals surface area contributed by atoms with Crippen LogP contribution in [0.1, 0.15) is 13.8 Å². The van der Waals surface area contributed by atoms with Crippen molar-refractivity contribution in [1.29, 1.82) is 0 Å². The van der Waals surface area contributed by atoms with Crippen LogP contribution in [0.15, 0.2) is 53.7 Å². The van der Waals surface area contributed by atoms with Gasteiger partial charge in [-0.1, -0.05) is 23.4 Å². The lowest BCUT2D eigenvalue weighted by atomic mass is 10.2. The molecule has 1 N–H and O–H groups in total. The van der Waals surface area contributed by atoms with Crippen molar-refractivity contribution in [2.24, 2.45) is 0 Å². The summed E-state index contributed by atoms with van der Waals surface area (Å²) >= 11 is 7.32. The minimum Gasteiger partial charge on any atom is -0.494 e. The number of amides is 1. The Kier molecular flexibility index (Phi) is 8.61. The molecule has 0 saturated carbocycles. The lowest BCUT2D eigenvalue weighted by Crippen LogP contribution is -2.29. The monoisotopic (exact) mass is 460 g/mol. The van der Waals surface area contributed by atoms with Crippen LogP contribution in [0.2, 0.25) is 5.02 Å². The van der Waals surface area contributed by atoms with E-state index in [1.807, 2.05) is 66.9 Å². The number of ether oxygens (including phenoxy) is 2. The summed E-state index contributed by atoms with van der Waals surface area (Å²) in [5.41, 5.74) is 0.932. The van der Waals surface area contributed by atoms with Gasteiger partial charge in [-0.2, -0.15) is 0 Å². The number of carbonyl (C=O) groups excluding carboxylic acids is 1. The fraction of sp³-hybridized carbons (Fsp3) is 0.318. The van der Waals surface area contributed by atoms with E-state index in [2.05, 4.69) is 15.5 Å². The standard InChI is InChI=1S/C22H25ClN4O3S/c1-3-27-21(16-5-7-17(23)8-6-16)25-26-22(27)31-15-20(28)24-13-14-30-19-11-9-18(10-12-19)29-4-2/h5-12H,3-4,13-15H2,1-2H3,(H,24,28). The Morgan fingerprint density at radius 2 is 1.71 bits per heavy atom. The van der Waals surface area contributed by atoms with Crippen molar-refractivity contribution in [2.45, 2.75) is 25.5 Å². The number of aromatic nitrogens is 3. The first-order valence-electron chi connectivity index (χ1n) is 10.0. The molecular formula is C22H25ClN4O3S. The minimum absolute atomic E-state index is 0.0843. The lowest BCUT2D eigenvalue weighted by Gasteiger charge is -2.09. The molecule has 0 aliphatic carbocycles. The van der Waals surface area contributed by atoms with Crippen molar-refractivity contribution < 1.29 is 14.3 Å². The number of halogens is 1. The Labute approximate surface area is 191 Å². The molecule has 164 valence electrons. The smallest absolute Gasteiger partial charge is 0.230 e. The van der Waals surface area contributed by atoms with E-state index in [0.717, 1.165) is 22.9 Å². The molecule has 1 aromatic heterocycles. The highest BCUT2D eigenvalue weighted by molar-refractivity contribution is 7.99. The minimum atomic E-state index is -0.0843. The summed E-state index contributed by atoms with van der Waals surface area (Å²) in [6.45, 7) is 6.09. The number of thioether (sulfide) groups is 1. The molecule has 0 radical (unpaired) electrons. The van der Waals surface area contributed by atoms with Crippen LogP contribution in [-0.4, -0.2) is 46.2 Å². The average Bonchev–Trinajstić information content (AvgIpc) is 3.20. The molecule has 1 amide bonds. The summed E-state index contributed by atoms with van der Waals surface area (Å²) in [6.07, 6.45) is 0. The van der Waals surface area contributed by atoms with Crippen molar-refractivity contribution >= 4 is 29.3 Å². The quantitative estimate of drug-likeness (QED) is 0.339. The molecule has 0 unspecified atom stereocenters. The number of carbonyl (C=O) groups is 1. The van der Waals surface area contributed by atoms with Crippen LogP contribution in [0, 0.1) is 0 Å². The molecule has 0 aliphatic rings.